The highest BCUT2D eigenvalue weighted by Gasteiger charge is 2.18. The summed E-state index contributed by atoms with van der Waals surface area (Å²) in [5.41, 5.74) is 7.67. The van der Waals surface area contributed by atoms with Crippen LogP contribution in [0.5, 0.6) is 0 Å². The second-order valence-corrected chi connectivity index (χ2v) is 5.55. The van der Waals surface area contributed by atoms with Gasteiger partial charge in [-0.15, -0.1) is 0 Å². The van der Waals surface area contributed by atoms with Crippen molar-refractivity contribution < 1.29 is 19.5 Å². The van der Waals surface area contributed by atoms with E-state index < -0.39 is 11.9 Å². The van der Waals surface area contributed by atoms with Crippen molar-refractivity contribution in [1.29, 1.82) is 0 Å². The normalized spacial score (nSPS) is 10.2. The third kappa shape index (κ3) is 3.60. The molecule has 0 saturated heterocycles. The van der Waals surface area contributed by atoms with Crippen LogP contribution in [0.25, 0.3) is 11.1 Å². The number of amides is 2. The van der Waals surface area contributed by atoms with Gasteiger partial charge in [-0.05, 0) is 34.9 Å². The highest BCUT2D eigenvalue weighted by Crippen LogP contribution is 2.26. The maximum atomic E-state index is 12.2. The van der Waals surface area contributed by atoms with E-state index in [2.05, 4.69) is 0 Å². The lowest BCUT2D eigenvalue weighted by Gasteiger charge is -2.15. The molecule has 6 heteroatoms. The molecule has 124 valence electrons. The molecule has 0 aliphatic carbocycles. The lowest BCUT2D eigenvalue weighted by molar-refractivity contribution is -0.136. The zero-order valence-corrected chi connectivity index (χ0v) is 13.4. The van der Waals surface area contributed by atoms with Gasteiger partial charge in [0.2, 0.25) is 5.91 Å². The van der Waals surface area contributed by atoms with Gasteiger partial charge < -0.3 is 15.7 Å². The molecule has 0 aliphatic heterocycles. The minimum atomic E-state index is -1.04. The molecule has 6 nitrogen and oxygen atoms in total. The van der Waals surface area contributed by atoms with Gasteiger partial charge in [0.15, 0.2) is 0 Å². The Bertz CT molecular complexity index is 812. The van der Waals surface area contributed by atoms with Crippen LogP contribution in [0.3, 0.4) is 0 Å². The number of carbonyl (C=O) groups excluding carboxylic acids is 2. The molecule has 0 aromatic heterocycles. The number of nitrogens with zero attached hydrogens (tertiary/aromatic N) is 1. The summed E-state index contributed by atoms with van der Waals surface area (Å²) < 4.78 is 0. The fourth-order valence-corrected chi connectivity index (χ4v) is 2.47. The van der Waals surface area contributed by atoms with Crippen molar-refractivity contribution in [2.75, 3.05) is 14.1 Å². The Kier molecular flexibility index (Phi) is 4.99. The van der Waals surface area contributed by atoms with Gasteiger partial charge in [0.05, 0.1) is 6.42 Å². The zero-order valence-electron chi connectivity index (χ0n) is 13.4. The summed E-state index contributed by atoms with van der Waals surface area (Å²) in [6, 6.07) is 11.7. The van der Waals surface area contributed by atoms with E-state index in [1.165, 1.54) is 4.90 Å². The van der Waals surface area contributed by atoms with Crippen LogP contribution >= 0.6 is 0 Å². The second-order valence-electron chi connectivity index (χ2n) is 5.55. The van der Waals surface area contributed by atoms with Crippen LogP contribution in [-0.4, -0.2) is 41.9 Å². The standard InChI is InChI=1S/C18H18N2O4/c1-20(2)18(24)14-8-7-11(9-12(14)10-16(21)22)13-5-3-4-6-15(13)17(19)23/h3-9H,10H2,1-2H3,(H2,19,23)(H,21,22). The monoisotopic (exact) mass is 326 g/mol. The Balaban J connectivity index is 2.60. The Morgan fingerprint density at radius 1 is 1.04 bits per heavy atom. The SMILES string of the molecule is CN(C)C(=O)c1ccc(-c2ccccc2C(N)=O)cc1CC(=O)O. The van der Waals surface area contributed by atoms with E-state index in [4.69, 9.17) is 10.8 Å². The van der Waals surface area contributed by atoms with E-state index in [9.17, 15) is 14.4 Å². The molecule has 0 unspecified atom stereocenters. The number of carboxylic acid groups (broad SMARTS) is 1. The fraction of sp³-hybridized carbons (Fsp3) is 0.167. The molecule has 2 aromatic rings. The Hall–Kier alpha value is -3.15. The Morgan fingerprint density at radius 2 is 1.71 bits per heavy atom. The van der Waals surface area contributed by atoms with Gasteiger partial charge in [0.1, 0.15) is 0 Å². The van der Waals surface area contributed by atoms with E-state index in [1.807, 2.05) is 0 Å². The highest BCUT2D eigenvalue weighted by atomic mass is 16.4. The molecule has 0 heterocycles. The van der Waals surface area contributed by atoms with Crippen molar-refractivity contribution in [2.24, 2.45) is 5.73 Å². The largest absolute Gasteiger partial charge is 0.481 e. The first-order chi connectivity index (χ1) is 11.3. The van der Waals surface area contributed by atoms with Crippen LogP contribution in [0, 0.1) is 0 Å². The van der Waals surface area contributed by atoms with Gasteiger partial charge in [-0.3, -0.25) is 14.4 Å². The number of aliphatic carboxylic acids is 1. The number of benzene rings is 2. The fourth-order valence-electron chi connectivity index (χ4n) is 2.47. The molecule has 0 spiro atoms. The van der Waals surface area contributed by atoms with Gasteiger partial charge in [0.25, 0.3) is 5.91 Å². The predicted octanol–water partition coefficient (Wildman–Crippen LogP) is 1.78. The number of hydrogen-bond donors (Lipinski definition) is 2. The molecule has 0 atom stereocenters. The van der Waals surface area contributed by atoms with E-state index >= 15 is 0 Å². The van der Waals surface area contributed by atoms with E-state index in [1.54, 1.807) is 56.6 Å². The number of carbonyl (C=O) groups is 3. The van der Waals surface area contributed by atoms with Crippen LogP contribution in [0.2, 0.25) is 0 Å². The van der Waals surface area contributed by atoms with Crippen molar-refractivity contribution in [2.45, 2.75) is 6.42 Å². The number of rotatable bonds is 5. The maximum Gasteiger partial charge on any atom is 0.307 e. The van der Waals surface area contributed by atoms with Crippen molar-refractivity contribution in [3.63, 3.8) is 0 Å². The smallest absolute Gasteiger partial charge is 0.307 e. The van der Waals surface area contributed by atoms with Crippen molar-refractivity contribution in [1.82, 2.24) is 4.90 Å². The molecule has 0 radical (unpaired) electrons. The van der Waals surface area contributed by atoms with Gasteiger partial charge in [0, 0.05) is 25.2 Å². The average Bonchev–Trinajstić information content (AvgIpc) is 2.53. The Morgan fingerprint density at radius 3 is 2.29 bits per heavy atom. The second kappa shape index (κ2) is 6.95. The molecule has 3 N–H and O–H groups in total. The van der Waals surface area contributed by atoms with Crippen LogP contribution < -0.4 is 5.73 Å². The molecule has 2 amide bonds. The topological polar surface area (TPSA) is 101 Å². The van der Waals surface area contributed by atoms with Crippen molar-refractivity contribution in [3.05, 3.63) is 59.2 Å². The van der Waals surface area contributed by atoms with Crippen molar-refractivity contribution in [3.8, 4) is 11.1 Å². The first-order valence-electron chi connectivity index (χ1n) is 7.27. The van der Waals surface area contributed by atoms with Crippen LogP contribution in [0.15, 0.2) is 42.5 Å². The number of nitrogens with two attached hydrogens (primary N) is 1. The molecule has 2 rings (SSSR count). The quantitative estimate of drug-likeness (QED) is 0.874. The third-order valence-corrected chi connectivity index (χ3v) is 3.59. The van der Waals surface area contributed by atoms with Crippen LogP contribution in [0.4, 0.5) is 0 Å². The summed E-state index contributed by atoms with van der Waals surface area (Å²) in [5, 5.41) is 9.12. The van der Waals surface area contributed by atoms with E-state index in [0.717, 1.165) is 0 Å². The van der Waals surface area contributed by atoms with Crippen LogP contribution in [0.1, 0.15) is 26.3 Å². The summed E-state index contributed by atoms with van der Waals surface area (Å²) in [4.78, 5) is 36.3. The molecule has 0 aliphatic rings. The molecular weight excluding hydrogens is 308 g/mol. The zero-order chi connectivity index (χ0) is 17.9. The minimum Gasteiger partial charge on any atom is -0.481 e. The molecule has 0 fully saturated rings. The molecule has 24 heavy (non-hydrogen) atoms. The first kappa shape index (κ1) is 17.2. The van der Waals surface area contributed by atoms with Gasteiger partial charge in [-0.1, -0.05) is 24.3 Å². The van der Waals surface area contributed by atoms with E-state index in [-0.39, 0.29) is 12.3 Å². The number of hydrogen-bond acceptors (Lipinski definition) is 3. The lowest BCUT2D eigenvalue weighted by Crippen LogP contribution is -2.23. The highest BCUT2D eigenvalue weighted by molar-refractivity contribution is 6.01. The summed E-state index contributed by atoms with van der Waals surface area (Å²) in [6.07, 6.45) is -0.290. The summed E-state index contributed by atoms with van der Waals surface area (Å²) in [6.45, 7) is 0. The third-order valence-electron chi connectivity index (χ3n) is 3.59. The Labute approximate surface area is 139 Å². The molecule has 0 bridgehead atoms. The average molecular weight is 326 g/mol. The number of primary amides is 1. The molecular formula is C18H18N2O4. The summed E-state index contributed by atoms with van der Waals surface area (Å²) in [5.74, 6) is -1.89. The summed E-state index contributed by atoms with van der Waals surface area (Å²) in [7, 11) is 3.20. The maximum absolute atomic E-state index is 12.2. The van der Waals surface area contributed by atoms with E-state index in [0.29, 0.717) is 27.8 Å². The summed E-state index contributed by atoms with van der Waals surface area (Å²) >= 11 is 0. The molecule has 2 aromatic carbocycles. The molecule has 0 saturated carbocycles. The van der Waals surface area contributed by atoms with Gasteiger partial charge in [-0.2, -0.15) is 0 Å². The first-order valence-corrected chi connectivity index (χ1v) is 7.27. The van der Waals surface area contributed by atoms with Gasteiger partial charge >= 0.3 is 5.97 Å². The van der Waals surface area contributed by atoms with Crippen molar-refractivity contribution >= 4 is 17.8 Å². The van der Waals surface area contributed by atoms with Crippen LogP contribution in [-0.2, 0) is 11.2 Å². The minimum absolute atomic E-state index is 0.277. The number of carboxylic acids is 1. The lowest BCUT2D eigenvalue weighted by atomic mass is 9.94. The van der Waals surface area contributed by atoms with Gasteiger partial charge in [-0.25, -0.2) is 0 Å². The predicted molar refractivity (Wildman–Crippen MR) is 89.8 cm³/mol.